The molecular formula is C18H21ClN2O2. The van der Waals surface area contributed by atoms with Crippen LogP contribution < -0.4 is 4.90 Å². The molecule has 3 aromatic rings. The lowest BCUT2D eigenvalue weighted by Crippen LogP contribution is -2.30. The van der Waals surface area contributed by atoms with Crippen molar-refractivity contribution in [2.75, 3.05) is 31.2 Å². The molecule has 0 aliphatic heterocycles. The van der Waals surface area contributed by atoms with Gasteiger partial charge in [-0.1, -0.05) is 36.4 Å². The first-order valence-electron chi connectivity index (χ1n) is 7.50. The lowest BCUT2D eigenvalue weighted by atomic mass is 10.0. The number of halogens is 1. The molecule has 0 aliphatic carbocycles. The number of aliphatic hydroxyl groups excluding tert-OH is 2. The quantitative estimate of drug-likeness (QED) is 0.705. The average Bonchev–Trinajstić information content (AvgIpc) is 2.54. The molecule has 0 bridgehead atoms. The molecule has 1 heterocycles. The third kappa shape index (κ3) is 3.39. The number of nitrogens with zero attached hydrogens (tertiary/aromatic N) is 2. The molecule has 23 heavy (non-hydrogen) atoms. The van der Waals surface area contributed by atoms with E-state index >= 15 is 0 Å². The van der Waals surface area contributed by atoms with Crippen molar-refractivity contribution >= 4 is 39.8 Å². The highest BCUT2D eigenvalue weighted by Crippen LogP contribution is 2.31. The number of hydrogen-bond acceptors (Lipinski definition) is 4. The van der Waals surface area contributed by atoms with Crippen LogP contribution in [0.1, 0.15) is 5.69 Å². The predicted octanol–water partition coefficient (Wildman–Crippen LogP) is 2.91. The number of rotatable bonds is 5. The van der Waals surface area contributed by atoms with Gasteiger partial charge in [0, 0.05) is 35.2 Å². The number of anilines is 1. The van der Waals surface area contributed by atoms with Crippen LogP contribution in [0, 0.1) is 6.92 Å². The van der Waals surface area contributed by atoms with Gasteiger partial charge in [-0.15, -0.1) is 12.4 Å². The molecule has 2 N–H and O–H groups in total. The summed E-state index contributed by atoms with van der Waals surface area (Å²) in [5, 5.41) is 21.9. The Morgan fingerprint density at radius 1 is 0.957 bits per heavy atom. The Morgan fingerprint density at radius 2 is 1.65 bits per heavy atom. The second-order valence-corrected chi connectivity index (χ2v) is 5.40. The second kappa shape index (κ2) is 7.59. The third-order valence-corrected chi connectivity index (χ3v) is 3.89. The fourth-order valence-corrected chi connectivity index (χ4v) is 2.92. The number of hydrogen-bond donors (Lipinski definition) is 2. The third-order valence-electron chi connectivity index (χ3n) is 3.89. The first-order valence-corrected chi connectivity index (χ1v) is 7.50. The topological polar surface area (TPSA) is 56.6 Å². The first kappa shape index (κ1) is 17.5. The van der Waals surface area contributed by atoms with Crippen molar-refractivity contribution in [3.8, 4) is 0 Å². The van der Waals surface area contributed by atoms with E-state index in [0.717, 1.165) is 33.1 Å². The van der Waals surface area contributed by atoms with Crippen molar-refractivity contribution in [3.05, 3.63) is 48.2 Å². The van der Waals surface area contributed by atoms with E-state index in [4.69, 9.17) is 4.98 Å². The van der Waals surface area contributed by atoms with Gasteiger partial charge in [-0.25, -0.2) is 0 Å². The molecule has 0 aliphatic rings. The van der Waals surface area contributed by atoms with Crippen LogP contribution in [0.2, 0.25) is 0 Å². The summed E-state index contributed by atoms with van der Waals surface area (Å²) in [5.41, 5.74) is 2.91. The zero-order chi connectivity index (χ0) is 15.5. The predicted molar refractivity (Wildman–Crippen MR) is 97.6 cm³/mol. The van der Waals surface area contributed by atoms with Gasteiger partial charge in [-0.2, -0.15) is 0 Å². The summed E-state index contributed by atoms with van der Waals surface area (Å²) in [7, 11) is 0. The van der Waals surface area contributed by atoms with Crippen LogP contribution in [0.15, 0.2) is 42.5 Å². The molecule has 0 saturated carbocycles. The van der Waals surface area contributed by atoms with Gasteiger partial charge < -0.3 is 15.1 Å². The van der Waals surface area contributed by atoms with Gasteiger partial charge in [0.25, 0.3) is 0 Å². The largest absolute Gasteiger partial charge is 0.395 e. The van der Waals surface area contributed by atoms with Crippen molar-refractivity contribution < 1.29 is 10.2 Å². The van der Waals surface area contributed by atoms with E-state index in [0.29, 0.717) is 13.1 Å². The van der Waals surface area contributed by atoms with Gasteiger partial charge in [-0.3, -0.25) is 4.98 Å². The zero-order valence-corrected chi connectivity index (χ0v) is 13.9. The van der Waals surface area contributed by atoms with Crippen molar-refractivity contribution in [1.29, 1.82) is 0 Å². The van der Waals surface area contributed by atoms with Crippen molar-refractivity contribution in [1.82, 2.24) is 4.98 Å². The summed E-state index contributed by atoms with van der Waals surface area (Å²) in [6.45, 7) is 3.06. The summed E-state index contributed by atoms with van der Waals surface area (Å²) in [6, 6.07) is 14.4. The van der Waals surface area contributed by atoms with Crippen LogP contribution in [0.4, 0.5) is 5.69 Å². The minimum Gasteiger partial charge on any atom is -0.395 e. The maximum atomic E-state index is 9.30. The van der Waals surface area contributed by atoms with Gasteiger partial charge in [0.1, 0.15) is 0 Å². The molecule has 0 spiro atoms. The summed E-state index contributed by atoms with van der Waals surface area (Å²) in [6.07, 6.45) is 0. The SMILES string of the molecule is Cc1cc(N(CCO)CCO)c2ccc3ccccc3c2n1.Cl. The summed E-state index contributed by atoms with van der Waals surface area (Å²) >= 11 is 0. The Balaban J connectivity index is 0.00000192. The van der Waals surface area contributed by atoms with Crippen LogP contribution in [-0.2, 0) is 0 Å². The van der Waals surface area contributed by atoms with E-state index in [-0.39, 0.29) is 25.6 Å². The molecule has 4 nitrogen and oxygen atoms in total. The summed E-state index contributed by atoms with van der Waals surface area (Å²) in [4.78, 5) is 6.72. The van der Waals surface area contributed by atoms with E-state index in [1.54, 1.807) is 0 Å². The summed E-state index contributed by atoms with van der Waals surface area (Å²) < 4.78 is 0. The minimum atomic E-state index is 0. The number of aromatic nitrogens is 1. The maximum Gasteiger partial charge on any atom is 0.0804 e. The minimum absolute atomic E-state index is 0. The number of pyridine rings is 1. The van der Waals surface area contributed by atoms with E-state index in [1.807, 2.05) is 30.0 Å². The van der Waals surface area contributed by atoms with Gasteiger partial charge in [0.15, 0.2) is 0 Å². The Morgan fingerprint density at radius 3 is 2.35 bits per heavy atom. The van der Waals surface area contributed by atoms with Crippen LogP contribution in [0.3, 0.4) is 0 Å². The molecule has 0 radical (unpaired) electrons. The molecule has 5 heteroatoms. The molecule has 2 aromatic carbocycles. The number of fused-ring (bicyclic) bond motifs is 3. The number of benzene rings is 2. The molecule has 122 valence electrons. The van der Waals surface area contributed by atoms with E-state index < -0.39 is 0 Å². The second-order valence-electron chi connectivity index (χ2n) is 5.40. The fraction of sp³-hybridized carbons (Fsp3) is 0.278. The Kier molecular flexibility index (Phi) is 5.77. The highest BCUT2D eigenvalue weighted by molar-refractivity contribution is 6.09. The van der Waals surface area contributed by atoms with Crippen LogP contribution in [0.5, 0.6) is 0 Å². The molecule has 0 unspecified atom stereocenters. The molecule has 0 amide bonds. The summed E-state index contributed by atoms with van der Waals surface area (Å²) in [5.74, 6) is 0. The first-order chi connectivity index (χ1) is 10.7. The standard InChI is InChI=1S/C18H20N2O2.ClH/c1-13-12-17(20(8-10-21)9-11-22)16-7-6-14-4-2-3-5-15(14)18(16)19-13;/h2-7,12,21-22H,8-11H2,1H3;1H. The monoisotopic (exact) mass is 332 g/mol. The molecule has 3 rings (SSSR count). The fourth-order valence-electron chi connectivity index (χ4n) is 2.92. The highest BCUT2D eigenvalue weighted by Gasteiger charge is 2.13. The smallest absolute Gasteiger partial charge is 0.0804 e. The van der Waals surface area contributed by atoms with Crippen molar-refractivity contribution in [3.63, 3.8) is 0 Å². The normalized spacial score (nSPS) is 10.7. The van der Waals surface area contributed by atoms with E-state index in [2.05, 4.69) is 24.3 Å². The van der Waals surface area contributed by atoms with Crippen molar-refractivity contribution in [2.45, 2.75) is 6.92 Å². The lowest BCUT2D eigenvalue weighted by Gasteiger charge is -2.25. The zero-order valence-electron chi connectivity index (χ0n) is 13.1. The molecule has 0 atom stereocenters. The number of aliphatic hydroxyl groups is 2. The average molecular weight is 333 g/mol. The maximum absolute atomic E-state index is 9.30. The Labute approximate surface area is 141 Å². The van der Waals surface area contributed by atoms with Gasteiger partial charge >= 0.3 is 0 Å². The van der Waals surface area contributed by atoms with Gasteiger partial charge in [0.05, 0.1) is 18.7 Å². The van der Waals surface area contributed by atoms with E-state index in [9.17, 15) is 10.2 Å². The number of aryl methyl sites for hydroxylation is 1. The molecule has 0 saturated heterocycles. The lowest BCUT2D eigenvalue weighted by molar-refractivity contribution is 0.281. The van der Waals surface area contributed by atoms with Gasteiger partial charge in [0.2, 0.25) is 0 Å². The highest BCUT2D eigenvalue weighted by atomic mass is 35.5. The Bertz CT molecular complexity index is 801. The van der Waals surface area contributed by atoms with Crippen LogP contribution >= 0.6 is 12.4 Å². The van der Waals surface area contributed by atoms with Crippen LogP contribution in [-0.4, -0.2) is 41.5 Å². The van der Waals surface area contributed by atoms with Crippen LogP contribution in [0.25, 0.3) is 21.7 Å². The molecule has 0 fully saturated rings. The van der Waals surface area contributed by atoms with Crippen molar-refractivity contribution in [2.24, 2.45) is 0 Å². The van der Waals surface area contributed by atoms with E-state index in [1.165, 1.54) is 0 Å². The molecule has 1 aromatic heterocycles. The Hall–Kier alpha value is -1.88. The molecular weight excluding hydrogens is 312 g/mol. The van der Waals surface area contributed by atoms with Gasteiger partial charge in [-0.05, 0) is 18.4 Å².